The summed E-state index contributed by atoms with van der Waals surface area (Å²) < 4.78 is 1.56. The van der Waals surface area contributed by atoms with Gasteiger partial charge in [0.25, 0.3) is 5.56 Å². The first-order valence-corrected chi connectivity index (χ1v) is 5.50. The van der Waals surface area contributed by atoms with Gasteiger partial charge in [-0.15, -0.1) is 0 Å². The smallest absolute Gasteiger partial charge is 0.293 e. The van der Waals surface area contributed by atoms with Crippen molar-refractivity contribution in [1.82, 2.24) is 9.55 Å². The van der Waals surface area contributed by atoms with Gasteiger partial charge in [0, 0.05) is 37.4 Å². The molecule has 1 aromatic rings. The molecule has 0 N–H and O–H groups in total. The van der Waals surface area contributed by atoms with Crippen molar-refractivity contribution in [3.05, 3.63) is 22.7 Å². The fourth-order valence-corrected chi connectivity index (χ4v) is 2.17. The van der Waals surface area contributed by atoms with Gasteiger partial charge in [0.05, 0.1) is 0 Å². The first kappa shape index (κ1) is 9.71. The Labute approximate surface area is 90.7 Å². The third-order valence-electron chi connectivity index (χ3n) is 2.43. The van der Waals surface area contributed by atoms with Crippen molar-refractivity contribution in [3.8, 4) is 0 Å². The van der Waals surface area contributed by atoms with Gasteiger partial charge in [0.2, 0.25) is 0 Å². The molecule has 2 heterocycles. The molecule has 1 aliphatic heterocycles. The van der Waals surface area contributed by atoms with E-state index in [0.717, 1.165) is 19.5 Å². The van der Waals surface area contributed by atoms with Gasteiger partial charge in [0.15, 0.2) is 5.82 Å². The number of nitrogens with zero attached hydrogens (tertiary/aromatic N) is 3. The van der Waals surface area contributed by atoms with Crippen LogP contribution in [0.3, 0.4) is 0 Å². The Balaban J connectivity index is 2.33. The third-order valence-corrected chi connectivity index (χ3v) is 3.18. The molecule has 1 saturated heterocycles. The number of alkyl halides is 1. The van der Waals surface area contributed by atoms with E-state index < -0.39 is 0 Å². The fraction of sp³-hybridized carbons (Fsp3) is 0.556. The van der Waals surface area contributed by atoms with E-state index in [0.29, 0.717) is 10.6 Å². The molecule has 1 unspecified atom stereocenters. The Kier molecular flexibility index (Phi) is 2.58. The molecule has 0 bridgehead atoms. The molecule has 0 radical (unpaired) electrons. The summed E-state index contributed by atoms with van der Waals surface area (Å²) in [7, 11) is 1.75. The van der Waals surface area contributed by atoms with Crippen LogP contribution in [0.1, 0.15) is 6.42 Å². The minimum atomic E-state index is -0.0194. The Bertz CT molecular complexity index is 390. The normalized spacial score (nSPS) is 21.6. The van der Waals surface area contributed by atoms with Crippen LogP contribution in [0.15, 0.2) is 17.2 Å². The van der Waals surface area contributed by atoms with Crippen molar-refractivity contribution in [3.63, 3.8) is 0 Å². The van der Waals surface area contributed by atoms with Gasteiger partial charge in [-0.25, -0.2) is 4.98 Å². The molecule has 0 aliphatic carbocycles. The second-order valence-corrected chi connectivity index (χ2v) is 4.79. The summed E-state index contributed by atoms with van der Waals surface area (Å²) in [4.78, 5) is 18.3. The minimum Gasteiger partial charge on any atom is -0.351 e. The molecule has 1 aromatic heterocycles. The molecule has 1 fully saturated rings. The molecule has 0 aromatic carbocycles. The number of anilines is 1. The van der Waals surface area contributed by atoms with Gasteiger partial charge in [-0.1, -0.05) is 15.9 Å². The zero-order valence-electron chi connectivity index (χ0n) is 7.98. The summed E-state index contributed by atoms with van der Waals surface area (Å²) in [6.45, 7) is 1.77. The van der Waals surface area contributed by atoms with Gasteiger partial charge in [-0.3, -0.25) is 4.79 Å². The standard InChI is InChI=1S/C9H12BrN3O/c1-12-5-3-11-8(9(12)14)13-4-2-7(10)6-13/h3,5,7H,2,4,6H2,1H3. The number of aromatic nitrogens is 2. The molecule has 76 valence electrons. The van der Waals surface area contributed by atoms with Crippen molar-refractivity contribution in [1.29, 1.82) is 0 Å². The Morgan fingerprint density at radius 3 is 3.07 bits per heavy atom. The first-order valence-electron chi connectivity index (χ1n) is 4.59. The van der Waals surface area contributed by atoms with E-state index in [-0.39, 0.29) is 5.56 Å². The van der Waals surface area contributed by atoms with Crippen LogP contribution in [0.25, 0.3) is 0 Å². The summed E-state index contributed by atoms with van der Waals surface area (Å²) in [6, 6.07) is 0. The highest BCUT2D eigenvalue weighted by molar-refractivity contribution is 9.09. The molecule has 1 atom stereocenters. The van der Waals surface area contributed by atoms with Crippen molar-refractivity contribution < 1.29 is 0 Å². The monoisotopic (exact) mass is 257 g/mol. The summed E-state index contributed by atoms with van der Waals surface area (Å²) >= 11 is 3.54. The van der Waals surface area contributed by atoms with Crippen molar-refractivity contribution >= 4 is 21.7 Å². The van der Waals surface area contributed by atoms with E-state index in [9.17, 15) is 4.79 Å². The molecule has 0 spiro atoms. The van der Waals surface area contributed by atoms with Crippen molar-refractivity contribution in [2.75, 3.05) is 18.0 Å². The van der Waals surface area contributed by atoms with E-state index >= 15 is 0 Å². The highest BCUT2D eigenvalue weighted by Crippen LogP contribution is 2.19. The van der Waals surface area contributed by atoms with Crippen LogP contribution in [0, 0.1) is 0 Å². The second kappa shape index (κ2) is 3.73. The number of aryl methyl sites for hydroxylation is 1. The molecule has 4 nitrogen and oxygen atoms in total. The summed E-state index contributed by atoms with van der Waals surface area (Å²) in [5.74, 6) is 0.567. The van der Waals surface area contributed by atoms with Crippen LogP contribution < -0.4 is 10.5 Å². The molecule has 0 saturated carbocycles. The fourth-order valence-electron chi connectivity index (χ4n) is 1.61. The number of hydrogen-bond acceptors (Lipinski definition) is 3. The molecule has 5 heteroatoms. The van der Waals surface area contributed by atoms with Crippen molar-refractivity contribution in [2.24, 2.45) is 7.05 Å². The molecule has 0 amide bonds. The number of hydrogen-bond donors (Lipinski definition) is 0. The lowest BCUT2D eigenvalue weighted by Crippen LogP contribution is -2.30. The van der Waals surface area contributed by atoms with Gasteiger partial charge in [0.1, 0.15) is 0 Å². The second-order valence-electron chi connectivity index (χ2n) is 3.50. The maximum Gasteiger partial charge on any atom is 0.293 e. The van der Waals surface area contributed by atoms with Crippen LogP contribution in [0.5, 0.6) is 0 Å². The summed E-state index contributed by atoms with van der Waals surface area (Å²) in [6.07, 6.45) is 4.41. The van der Waals surface area contributed by atoms with Crippen LogP contribution >= 0.6 is 15.9 Å². The van der Waals surface area contributed by atoms with Gasteiger partial charge < -0.3 is 9.47 Å². The maximum absolute atomic E-state index is 11.7. The lowest BCUT2D eigenvalue weighted by Gasteiger charge is -2.15. The molecule has 1 aliphatic rings. The molecule has 2 rings (SSSR count). The average Bonchev–Trinajstić information content (AvgIpc) is 2.57. The Morgan fingerprint density at radius 2 is 2.43 bits per heavy atom. The Hall–Kier alpha value is -0.840. The molecule has 14 heavy (non-hydrogen) atoms. The number of rotatable bonds is 1. The van der Waals surface area contributed by atoms with Gasteiger partial charge in [-0.2, -0.15) is 0 Å². The Morgan fingerprint density at radius 1 is 1.64 bits per heavy atom. The predicted molar refractivity (Wildman–Crippen MR) is 59.0 cm³/mol. The van der Waals surface area contributed by atoms with Crippen LogP contribution in [0.2, 0.25) is 0 Å². The minimum absolute atomic E-state index is 0.0194. The van der Waals surface area contributed by atoms with E-state index in [1.165, 1.54) is 0 Å². The highest BCUT2D eigenvalue weighted by Gasteiger charge is 2.23. The summed E-state index contributed by atoms with van der Waals surface area (Å²) in [5, 5.41) is 0. The maximum atomic E-state index is 11.7. The van der Waals surface area contributed by atoms with E-state index in [1.807, 2.05) is 4.90 Å². The van der Waals surface area contributed by atoms with E-state index in [1.54, 1.807) is 24.0 Å². The van der Waals surface area contributed by atoms with E-state index in [2.05, 4.69) is 20.9 Å². The molecular weight excluding hydrogens is 246 g/mol. The van der Waals surface area contributed by atoms with Crippen LogP contribution in [-0.2, 0) is 7.05 Å². The topological polar surface area (TPSA) is 38.1 Å². The summed E-state index contributed by atoms with van der Waals surface area (Å²) in [5.41, 5.74) is -0.0194. The molecular formula is C9H12BrN3O. The lowest BCUT2D eigenvalue weighted by molar-refractivity contribution is 0.811. The SMILES string of the molecule is Cn1ccnc(N2CCC(Br)C2)c1=O. The van der Waals surface area contributed by atoms with Crippen molar-refractivity contribution in [2.45, 2.75) is 11.2 Å². The van der Waals surface area contributed by atoms with E-state index in [4.69, 9.17) is 0 Å². The van der Waals surface area contributed by atoms with Gasteiger partial charge in [-0.05, 0) is 6.42 Å². The zero-order chi connectivity index (χ0) is 10.1. The third kappa shape index (κ3) is 1.68. The van der Waals surface area contributed by atoms with Crippen LogP contribution in [0.4, 0.5) is 5.82 Å². The van der Waals surface area contributed by atoms with Crippen LogP contribution in [-0.4, -0.2) is 27.5 Å². The quantitative estimate of drug-likeness (QED) is 0.698. The van der Waals surface area contributed by atoms with Gasteiger partial charge >= 0.3 is 0 Å². The number of halogens is 1. The highest BCUT2D eigenvalue weighted by atomic mass is 79.9. The predicted octanol–water partition coefficient (Wildman–Crippen LogP) is 0.754. The average molecular weight is 258 g/mol. The zero-order valence-corrected chi connectivity index (χ0v) is 9.57. The first-order chi connectivity index (χ1) is 6.68. The lowest BCUT2D eigenvalue weighted by atomic mass is 10.4. The largest absolute Gasteiger partial charge is 0.351 e.